The molecular weight excluding hydrogens is 306 g/mol. The summed E-state index contributed by atoms with van der Waals surface area (Å²) in [7, 11) is 0. The molecular formula is C17H21N5O2. The van der Waals surface area contributed by atoms with E-state index in [1.165, 1.54) is 19.3 Å². The molecule has 24 heavy (non-hydrogen) atoms. The average Bonchev–Trinajstić information content (AvgIpc) is 2.87. The average molecular weight is 327 g/mol. The number of carboxylic acid groups (broad SMARTS) is 1. The highest BCUT2D eigenvalue weighted by Gasteiger charge is 2.33. The van der Waals surface area contributed by atoms with Crippen LogP contribution in [-0.4, -0.2) is 41.8 Å². The van der Waals surface area contributed by atoms with Crippen LogP contribution in [0.2, 0.25) is 0 Å². The first-order valence-corrected chi connectivity index (χ1v) is 8.42. The Morgan fingerprint density at radius 2 is 2.17 bits per heavy atom. The van der Waals surface area contributed by atoms with E-state index in [1.54, 1.807) is 0 Å². The van der Waals surface area contributed by atoms with Gasteiger partial charge in [-0.1, -0.05) is 12.5 Å². The minimum Gasteiger partial charge on any atom is -0.480 e. The summed E-state index contributed by atoms with van der Waals surface area (Å²) in [6.07, 6.45) is 5.64. The van der Waals surface area contributed by atoms with E-state index in [0.717, 1.165) is 22.9 Å². The fourth-order valence-corrected chi connectivity index (χ4v) is 3.47. The number of aliphatic carboxylic acids is 1. The van der Waals surface area contributed by atoms with Crippen LogP contribution in [0.15, 0.2) is 18.3 Å². The lowest BCUT2D eigenvalue weighted by Crippen LogP contribution is -2.47. The monoisotopic (exact) mass is 327 g/mol. The molecule has 0 saturated heterocycles. The van der Waals surface area contributed by atoms with Gasteiger partial charge in [0.2, 0.25) is 0 Å². The van der Waals surface area contributed by atoms with E-state index in [9.17, 15) is 9.90 Å². The molecule has 1 unspecified atom stereocenters. The topological polar surface area (TPSA) is 84.1 Å². The normalized spacial score (nSPS) is 21.3. The number of carboxylic acids is 1. The van der Waals surface area contributed by atoms with Crippen LogP contribution in [0.4, 0.5) is 0 Å². The second-order valence-electron chi connectivity index (χ2n) is 6.75. The smallest absolute Gasteiger partial charge is 0.322 e. The third kappa shape index (κ3) is 2.69. The van der Waals surface area contributed by atoms with Gasteiger partial charge in [0.05, 0.1) is 13.1 Å². The summed E-state index contributed by atoms with van der Waals surface area (Å²) >= 11 is 0. The maximum atomic E-state index is 11.7. The highest BCUT2D eigenvalue weighted by Crippen LogP contribution is 2.35. The number of carbonyl (C=O) groups is 1. The Bertz CT molecular complexity index is 751. The zero-order chi connectivity index (χ0) is 16.7. The molecule has 1 N–H and O–H groups in total. The molecule has 1 saturated carbocycles. The minimum atomic E-state index is -0.812. The maximum absolute atomic E-state index is 11.7. The van der Waals surface area contributed by atoms with Gasteiger partial charge in [-0.25, -0.2) is 0 Å². The van der Waals surface area contributed by atoms with E-state index in [-0.39, 0.29) is 0 Å². The quantitative estimate of drug-likeness (QED) is 0.920. The number of nitrogens with zero attached hydrogens (tertiary/aromatic N) is 5. The molecule has 3 heterocycles. The van der Waals surface area contributed by atoms with Crippen LogP contribution < -0.4 is 0 Å². The molecule has 0 bridgehead atoms. The van der Waals surface area contributed by atoms with Crippen molar-refractivity contribution in [3.63, 3.8) is 0 Å². The van der Waals surface area contributed by atoms with Crippen molar-refractivity contribution in [1.82, 2.24) is 24.6 Å². The molecule has 1 atom stereocenters. The first-order chi connectivity index (χ1) is 11.6. The van der Waals surface area contributed by atoms with Gasteiger partial charge >= 0.3 is 5.97 Å². The van der Waals surface area contributed by atoms with Gasteiger partial charge in [0, 0.05) is 24.4 Å². The third-order valence-corrected chi connectivity index (χ3v) is 5.19. The fourth-order valence-electron chi connectivity index (χ4n) is 3.47. The molecule has 2 aromatic rings. The van der Waals surface area contributed by atoms with Crippen molar-refractivity contribution in [3.8, 4) is 0 Å². The van der Waals surface area contributed by atoms with Gasteiger partial charge in [-0.2, -0.15) is 0 Å². The lowest BCUT2D eigenvalue weighted by Gasteiger charge is -2.33. The summed E-state index contributed by atoms with van der Waals surface area (Å²) in [4.78, 5) is 18.2. The van der Waals surface area contributed by atoms with Crippen molar-refractivity contribution < 1.29 is 9.90 Å². The summed E-state index contributed by atoms with van der Waals surface area (Å²) in [5.74, 6) is 1.39. The van der Waals surface area contributed by atoms with E-state index in [1.807, 2.05) is 22.6 Å². The van der Waals surface area contributed by atoms with Crippen molar-refractivity contribution in [2.45, 2.75) is 57.8 Å². The van der Waals surface area contributed by atoms with E-state index >= 15 is 0 Å². The molecule has 2 aromatic heterocycles. The maximum Gasteiger partial charge on any atom is 0.322 e. The van der Waals surface area contributed by atoms with Crippen molar-refractivity contribution >= 4 is 5.97 Å². The van der Waals surface area contributed by atoms with Crippen molar-refractivity contribution in [1.29, 1.82) is 0 Å². The zero-order valence-corrected chi connectivity index (χ0v) is 13.7. The number of hydrogen-bond donors (Lipinski definition) is 1. The van der Waals surface area contributed by atoms with Gasteiger partial charge in [-0.3, -0.25) is 14.7 Å². The molecule has 1 aliphatic heterocycles. The van der Waals surface area contributed by atoms with Crippen molar-refractivity contribution in [2.24, 2.45) is 0 Å². The van der Waals surface area contributed by atoms with Gasteiger partial charge in [-0.05, 0) is 31.4 Å². The van der Waals surface area contributed by atoms with E-state index in [2.05, 4.69) is 27.3 Å². The highest BCUT2D eigenvalue weighted by atomic mass is 16.4. The fraction of sp³-hybridized carbons (Fsp3) is 0.529. The van der Waals surface area contributed by atoms with Crippen LogP contribution in [0.25, 0.3) is 0 Å². The van der Waals surface area contributed by atoms with E-state index in [0.29, 0.717) is 25.6 Å². The van der Waals surface area contributed by atoms with Crippen LogP contribution in [0.3, 0.4) is 0 Å². The Morgan fingerprint density at radius 1 is 1.33 bits per heavy atom. The molecule has 0 radical (unpaired) electrons. The minimum absolute atomic E-state index is 0.386. The lowest BCUT2D eigenvalue weighted by atomic mass is 9.82. The zero-order valence-electron chi connectivity index (χ0n) is 13.7. The summed E-state index contributed by atoms with van der Waals surface area (Å²) in [5, 5.41) is 17.8. The number of rotatable bonds is 4. The molecule has 7 nitrogen and oxygen atoms in total. The number of aryl methyl sites for hydroxylation is 1. The van der Waals surface area contributed by atoms with Gasteiger partial charge in [0.15, 0.2) is 0 Å². The van der Waals surface area contributed by atoms with E-state index < -0.39 is 12.0 Å². The van der Waals surface area contributed by atoms with Crippen LogP contribution in [-0.2, 0) is 24.4 Å². The molecule has 1 fully saturated rings. The molecule has 4 rings (SSSR count). The SMILES string of the molecule is Cc1nnc2n1CC(C(=O)O)N(Cc1ccc(C3CCC3)nc1)C2. The van der Waals surface area contributed by atoms with Crippen LogP contribution in [0, 0.1) is 6.92 Å². The summed E-state index contributed by atoms with van der Waals surface area (Å²) < 4.78 is 1.90. The molecule has 126 valence electrons. The first-order valence-electron chi connectivity index (χ1n) is 8.42. The lowest BCUT2D eigenvalue weighted by molar-refractivity contribution is -0.145. The van der Waals surface area contributed by atoms with Crippen molar-refractivity contribution in [3.05, 3.63) is 41.2 Å². The molecule has 0 aromatic carbocycles. The standard InChI is InChI=1S/C17H21N5O2/c1-11-19-20-16-10-21(15(17(23)24)9-22(11)16)8-12-5-6-14(18-7-12)13-3-2-4-13/h5-7,13,15H,2-4,8-10H2,1H3,(H,23,24). The predicted molar refractivity (Wildman–Crippen MR) is 86.3 cm³/mol. The summed E-state index contributed by atoms with van der Waals surface area (Å²) in [6, 6.07) is 3.59. The highest BCUT2D eigenvalue weighted by molar-refractivity contribution is 5.73. The molecule has 1 aliphatic carbocycles. The molecule has 0 spiro atoms. The summed E-state index contributed by atoms with van der Waals surface area (Å²) in [5.41, 5.74) is 2.20. The van der Waals surface area contributed by atoms with E-state index in [4.69, 9.17) is 0 Å². The number of aromatic nitrogens is 4. The second-order valence-corrected chi connectivity index (χ2v) is 6.75. The number of hydrogen-bond acceptors (Lipinski definition) is 5. The molecule has 2 aliphatic rings. The Kier molecular flexibility index (Phi) is 3.80. The Labute approximate surface area is 140 Å². The number of fused-ring (bicyclic) bond motifs is 1. The predicted octanol–water partition coefficient (Wildman–Crippen LogP) is 1.72. The van der Waals surface area contributed by atoms with Crippen LogP contribution >= 0.6 is 0 Å². The Morgan fingerprint density at radius 3 is 2.79 bits per heavy atom. The second kappa shape index (κ2) is 5.98. The summed E-state index contributed by atoms with van der Waals surface area (Å²) in [6.45, 7) is 3.29. The molecule has 0 amide bonds. The van der Waals surface area contributed by atoms with Gasteiger partial charge in [0.25, 0.3) is 0 Å². The Balaban J connectivity index is 1.52. The molecule has 7 heteroatoms. The third-order valence-electron chi connectivity index (χ3n) is 5.19. The number of pyridine rings is 1. The largest absolute Gasteiger partial charge is 0.480 e. The first kappa shape index (κ1) is 15.3. The van der Waals surface area contributed by atoms with Crippen LogP contribution in [0.1, 0.15) is 48.1 Å². The van der Waals surface area contributed by atoms with Crippen molar-refractivity contribution in [2.75, 3.05) is 0 Å². The van der Waals surface area contributed by atoms with Crippen LogP contribution in [0.5, 0.6) is 0 Å². The Hall–Kier alpha value is -2.28. The van der Waals surface area contributed by atoms with Gasteiger partial charge in [-0.15, -0.1) is 10.2 Å². The van der Waals surface area contributed by atoms with Gasteiger partial charge < -0.3 is 9.67 Å². The van der Waals surface area contributed by atoms with Gasteiger partial charge in [0.1, 0.15) is 17.7 Å².